The Morgan fingerprint density at radius 1 is 1.32 bits per heavy atom. The quantitative estimate of drug-likeness (QED) is 0.670. The van der Waals surface area contributed by atoms with Crippen LogP contribution in [-0.2, 0) is 6.42 Å². The highest BCUT2D eigenvalue weighted by atomic mass is 79.9. The van der Waals surface area contributed by atoms with E-state index < -0.39 is 0 Å². The summed E-state index contributed by atoms with van der Waals surface area (Å²) >= 11 is 3.46. The predicted octanol–water partition coefficient (Wildman–Crippen LogP) is 2.40. The molecule has 3 aromatic rings. The van der Waals surface area contributed by atoms with Crippen molar-refractivity contribution in [3.63, 3.8) is 0 Å². The fourth-order valence-corrected chi connectivity index (χ4v) is 3.11. The summed E-state index contributed by atoms with van der Waals surface area (Å²) in [5.41, 5.74) is 2.97. The van der Waals surface area contributed by atoms with E-state index in [9.17, 15) is 4.79 Å². The Kier molecular flexibility index (Phi) is 2.97. The van der Waals surface area contributed by atoms with Crippen LogP contribution in [0, 0.1) is 6.92 Å². The van der Waals surface area contributed by atoms with Crippen LogP contribution in [0.1, 0.15) is 21.9 Å². The van der Waals surface area contributed by atoms with Crippen LogP contribution in [0.4, 0.5) is 5.69 Å². The van der Waals surface area contributed by atoms with Gasteiger partial charge in [-0.3, -0.25) is 4.79 Å². The normalized spacial score (nSPS) is 13.6. The van der Waals surface area contributed by atoms with E-state index in [1.807, 2.05) is 31.2 Å². The lowest BCUT2D eigenvalue weighted by Gasteiger charge is -2.15. The van der Waals surface area contributed by atoms with Crippen molar-refractivity contribution in [3.05, 3.63) is 52.0 Å². The summed E-state index contributed by atoms with van der Waals surface area (Å²) in [6, 6.07) is 7.76. The third-order valence-corrected chi connectivity index (χ3v) is 4.30. The van der Waals surface area contributed by atoms with E-state index in [1.165, 1.54) is 0 Å². The third-order valence-electron chi connectivity index (χ3n) is 3.80. The Hall–Kier alpha value is -2.28. The zero-order chi connectivity index (χ0) is 15.3. The van der Waals surface area contributed by atoms with Crippen molar-refractivity contribution in [2.75, 3.05) is 11.4 Å². The van der Waals surface area contributed by atoms with Gasteiger partial charge in [0, 0.05) is 28.6 Å². The molecule has 22 heavy (non-hydrogen) atoms. The molecule has 0 aliphatic carbocycles. The van der Waals surface area contributed by atoms with Gasteiger partial charge in [0.15, 0.2) is 0 Å². The van der Waals surface area contributed by atoms with Gasteiger partial charge >= 0.3 is 0 Å². The van der Waals surface area contributed by atoms with Crippen LogP contribution in [0.25, 0.3) is 5.78 Å². The van der Waals surface area contributed by atoms with Crippen molar-refractivity contribution >= 4 is 33.3 Å². The number of aryl methyl sites for hydroxylation is 1. The molecule has 0 N–H and O–H groups in total. The lowest BCUT2D eigenvalue weighted by Crippen LogP contribution is -2.29. The van der Waals surface area contributed by atoms with Crippen molar-refractivity contribution in [1.29, 1.82) is 0 Å². The maximum Gasteiger partial charge on any atom is 0.298 e. The van der Waals surface area contributed by atoms with Gasteiger partial charge in [-0.1, -0.05) is 15.9 Å². The zero-order valence-corrected chi connectivity index (χ0v) is 13.4. The van der Waals surface area contributed by atoms with Gasteiger partial charge in [-0.2, -0.15) is 4.98 Å². The molecule has 2 aromatic heterocycles. The van der Waals surface area contributed by atoms with Gasteiger partial charge in [-0.05, 0) is 43.2 Å². The van der Waals surface area contributed by atoms with E-state index >= 15 is 0 Å². The molecule has 0 spiro atoms. The Morgan fingerprint density at radius 2 is 2.18 bits per heavy atom. The molecule has 0 unspecified atom stereocenters. The summed E-state index contributed by atoms with van der Waals surface area (Å²) in [6.07, 6.45) is 2.50. The van der Waals surface area contributed by atoms with Gasteiger partial charge in [0.25, 0.3) is 11.7 Å². The Bertz CT molecular complexity index is 904. The number of aromatic nitrogens is 4. The summed E-state index contributed by atoms with van der Waals surface area (Å²) in [5.74, 6) is 0.433. The monoisotopic (exact) mass is 357 g/mol. The van der Waals surface area contributed by atoms with Crippen LogP contribution in [0.2, 0.25) is 0 Å². The number of carbonyl (C=O) groups is 1. The first-order valence-corrected chi connectivity index (χ1v) is 7.71. The van der Waals surface area contributed by atoms with Crippen LogP contribution in [0.3, 0.4) is 0 Å². The maximum absolute atomic E-state index is 12.7. The second-order valence-electron chi connectivity index (χ2n) is 5.21. The number of benzene rings is 1. The van der Waals surface area contributed by atoms with Gasteiger partial charge in [0.2, 0.25) is 5.82 Å². The molecule has 3 heterocycles. The molecule has 4 rings (SSSR count). The number of carbonyl (C=O) groups excluding carboxylic acids is 1. The highest BCUT2D eigenvalue weighted by Crippen LogP contribution is 2.31. The molecule has 7 heteroatoms. The first-order valence-electron chi connectivity index (χ1n) is 6.92. The molecule has 6 nitrogen and oxygen atoms in total. The predicted molar refractivity (Wildman–Crippen MR) is 85.0 cm³/mol. The molecule has 0 fully saturated rings. The maximum atomic E-state index is 12.7. The van der Waals surface area contributed by atoms with Crippen LogP contribution < -0.4 is 4.90 Å². The molecule has 0 radical (unpaired) electrons. The molecule has 1 aromatic carbocycles. The van der Waals surface area contributed by atoms with E-state index in [-0.39, 0.29) is 11.7 Å². The largest absolute Gasteiger partial charge is 0.305 e. The van der Waals surface area contributed by atoms with Crippen molar-refractivity contribution in [3.8, 4) is 0 Å². The first-order chi connectivity index (χ1) is 10.6. The van der Waals surface area contributed by atoms with Crippen molar-refractivity contribution < 1.29 is 4.79 Å². The summed E-state index contributed by atoms with van der Waals surface area (Å²) in [4.78, 5) is 22.8. The Balaban J connectivity index is 1.74. The SMILES string of the molecule is Cc1ccnc2nc(C(=O)N3CCc4cc(Br)ccc43)nn12. The van der Waals surface area contributed by atoms with Gasteiger partial charge in [0.1, 0.15) is 0 Å². The topological polar surface area (TPSA) is 63.4 Å². The zero-order valence-electron chi connectivity index (χ0n) is 11.8. The fraction of sp³-hybridized carbons (Fsp3) is 0.200. The number of amides is 1. The van der Waals surface area contributed by atoms with Gasteiger partial charge in [-0.25, -0.2) is 9.50 Å². The average Bonchev–Trinajstić information content (AvgIpc) is 3.10. The number of hydrogen-bond acceptors (Lipinski definition) is 4. The molecule has 0 saturated carbocycles. The second-order valence-corrected chi connectivity index (χ2v) is 6.13. The Labute approximate surface area is 134 Å². The second kappa shape index (κ2) is 4.88. The van der Waals surface area contributed by atoms with E-state index in [0.29, 0.717) is 12.3 Å². The average molecular weight is 358 g/mol. The molecule has 110 valence electrons. The van der Waals surface area contributed by atoms with Gasteiger partial charge < -0.3 is 4.90 Å². The number of anilines is 1. The number of halogens is 1. The molecule has 1 aliphatic rings. The Morgan fingerprint density at radius 3 is 3.00 bits per heavy atom. The first kappa shape index (κ1) is 13.4. The van der Waals surface area contributed by atoms with Gasteiger partial charge in [-0.15, -0.1) is 5.10 Å². The number of nitrogens with zero attached hydrogens (tertiary/aromatic N) is 5. The number of rotatable bonds is 1. The van der Waals surface area contributed by atoms with Crippen LogP contribution in [0.5, 0.6) is 0 Å². The van der Waals surface area contributed by atoms with Crippen LogP contribution >= 0.6 is 15.9 Å². The van der Waals surface area contributed by atoms with E-state index in [0.717, 1.165) is 27.8 Å². The summed E-state index contributed by atoms with van der Waals surface area (Å²) < 4.78 is 2.61. The molecule has 0 saturated heterocycles. The molecule has 0 bridgehead atoms. The highest BCUT2D eigenvalue weighted by Gasteiger charge is 2.28. The molecule has 1 aliphatic heterocycles. The van der Waals surface area contributed by atoms with E-state index in [1.54, 1.807) is 15.6 Å². The van der Waals surface area contributed by atoms with Gasteiger partial charge in [0.05, 0.1) is 0 Å². The summed E-state index contributed by atoms with van der Waals surface area (Å²) in [6.45, 7) is 2.55. The number of fused-ring (bicyclic) bond motifs is 2. The minimum absolute atomic E-state index is 0.178. The lowest BCUT2D eigenvalue weighted by atomic mass is 10.2. The molecule has 0 atom stereocenters. The summed E-state index contributed by atoms with van der Waals surface area (Å²) in [5, 5.41) is 4.29. The smallest absolute Gasteiger partial charge is 0.298 e. The van der Waals surface area contributed by atoms with Crippen molar-refractivity contribution in [2.45, 2.75) is 13.3 Å². The molecular weight excluding hydrogens is 346 g/mol. The fourth-order valence-electron chi connectivity index (χ4n) is 2.70. The third kappa shape index (κ3) is 2.00. The van der Waals surface area contributed by atoms with Crippen molar-refractivity contribution in [1.82, 2.24) is 19.6 Å². The van der Waals surface area contributed by atoms with E-state index in [2.05, 4.69) is 31.0 Å². The van der Waals surface area contributed by atoms with Crippen LogP contribution in [0.15, 0.2) is 34.9 Å². The molecular formula is C15H12BrN5O. The van der Waals surface area contributed by atoms with E-state index in [4.69, 9.17) is 0 Å². The van der Waals surface area contributed by atoms with Crippen molar-refractivity contribution in [2.24, 2.45) is 0 Å². The highest BCUT2D eigenvalue weighted by molar-refractivity contribution is 9.10. The number of hydrogen-bond donors (Lipinski definition) is 0. The summed E-state index contributed by atoms with van der Waals surface area (Å²) in [7, 11) is 0. The molecule has 1 amide bonds. The lowest BCUT2D eigenvalue weighted by molar-refractivity contribution is 0.0979. The standard InChI is InChI=1S/C15H12BrN5O/c1-9-4-6-17-15-18-13(19-21(9)15)14(22)20-7-5-10-8-11(16)2-3-12(10)20/h2-4,6,8H,5,7H2,1H3. The minimum atomic E-state index is -0.189. The minimum Gasteiger partial charge on any atom is -0.305 e. The van der Waals surface area contributed by atoms with Crippen LogP contribution in [-0.4, -0.2) is 32.0 Å².